The van der Waals surface area contributed by atoms with Gasteiger partial charge in [-0.05, 0) is 65.2 Å². The molecule has 0 saturated carbocycles. The molecule has 2 aromatic carbocycles. The molecule has 0 aromatic heterocycles. The van der Waals surface area contributed by atoms with Gasteiger partial charge in [0.2, 0.25) is 0 Å². The third kappa shape index (κ3) is 4.64. The summed E-state index contributed by atoms with van der Waals surface area (Å²) in [5, 5.41) is 2.87. The van der Waals surface area contributed by atoms with Gasteiger partial charge in [0.15, 0.2) is 0 Å². The van der Waals surface area contributed by atoms with Crippen molar-refractivity contribution in [3.05, 3.63) is 68.4 Å². The second-order valence-electron chi connectivity index (χ2n) is 4.83. The Morgan fingerprint density at radius 1 is 1.19 bits per heavy atom. The standard InChI is InChI=1S/C16H14Br2FNO/c1-10(8-11-2-5-13(17)6-3-11)20-16(21)12-4-7-14(18)15(19)9-12/h2-7,9-10H,8H2,1H3,(H,20,21). The van der Waals surface area contributed by atoms with Crippen LogP contribution in [0.5, 0.6) is 0 Å². The van der Waals surface area contributed by atoms with E-state index in [1.165, 1.54) is 12.1 Å². The molecule has 0 bridgehead atoms. The smallest absolute Gasteiger partial charge is 0.251 e. The van der Waals surface area contributed by atoms with Crippen LogP contribution in [0, 0.1) is 5.82 Å². The van der Waals surface area contributed by atoms with E-state index < -0.39 is 5.82 Å². The van der Waals surface area contributed by atoms with E-state index in [-0.39, 0.29) is 11.9 Å². The first-order valence-corrected chi connectivity index (χ1v) is 8.04. The monoisotopic (exact) mass is 413 g/mol. The number of carbonyl (C=O) groups excluding carboxylic acids is 1. The Balaban J connectivity index is 1.98. The van der Waals surface area contributed by atoms with Crippen LogP contribution in [0.25, 0.3) is 0 Å². The first-order chi connectivity index (χ1) is 9.95. The highest BCUT2D eigenvalue weighted by atomic mass is 79.9. The summed E-state index contributed by atoms with van der Waals surface area (Å²) in [7, 11) is 0. The molecule has 0 saturated heterocycles. The van der Waals surface area contributed by atoms with Gasteiger partial charge in [0.25, 0.3) is 5.91 Å². The van der Waals surface area contributed by atoms with Crippen LogP contribution in [0.15, 0.2) is 51.4 Å². The number of hydrogen-bond acceptors (Lipinski definition) is 1. The topological polar surface area (TPSA) is 29.1 Å². The van der Waals surface area contributed by atoms with Crippen molar-refractivity contribution in [1.82, 2.24) is 5.32 Å². The molecule has 2 rings (SSSR count). The molecule has 0 spiro atoms. The number of hydrogen-bond donors (Lipinski definition) is 1. The summed E-state index contributed by atoms with van der Waals surface area (Å²) < 4.78 is 14.8. The minimum Gasteiger partial charge on any atom is -0.349 e. The van der Waals surface area contributed by atoms with Gasteiger partial charge in [-0.25, -0.2) is 4.39 Å². The number of carbonyl (C=O) groups is 1. The van der Waals surface area contributed by atoms with E-state index in [0.29, 0.717) is 10.0 Å². The van der Waals surface area contributed by atoms with Crippen molar-refractivity contribution in [3.8, 4) is 0 Å². The van der Waals surface area contributed by atoms with Gasteiger partial charge in [0.1, 0.15) is 5.82 Å². The van der Waals surface area contributed by atoms with E-state index in [9.17, 15) is 9.18 Å². The van der Waals surface area contributed by atoms with Gasteiger partial charge in [-0.15, -0.1) is 0 Å². The van der Waals surface area contributed by atoms with Crippen LogP contribution in [0.1, 0.15) is 22.8 Å². The molecule has 1 atom stereocenters. The van der Waals surface area contributed by atoms with E-state index in [1.807, 2.05) is 31.2 Å². The third-order valence-corrected chi connectivity index (χ3v) is 4.19. The lowest BCUT2D eigenvalue weighted by Crippen LogP contribution is -2.34. The van der Waals surface area contributed by atoms with Gasteiger partial charge < -0.3 is 5.32 Å². The van der Waals surface area contributed by atoms with Crippen molar-refractivity contribution in [2.24, 2.45) is 0 Å². The molecule has 110 valence electrons. The van der Waals surface area contributed by atoms with Crippen molar-refractivity contribution in [2.45, 2.75) is 19.4 Å². The van der Waals surface area contributed by atoms with Gasteiger partial charge in [0, 0.05) is 16.1 Å². The van der Waals surface area contributed by atoms with Crippen LogP contribution in [0.3, 0.4) is 0 Å². The number of halogens is 3. The van der Waals surface area contributed by atoms with Gasteiger partial charge in [0.05, 0.1) is 4.47 Å². The minimum absolute atomic E-state index is 0.0367. The highest BCUT2D eigenvalue weighted by molar-refractivity contribution is 9.10. The minimum atomic E-state index is -0.441. The maximum atomic E-state index is 13.4. The normalized spacial score (nSPS) is 12.0. The second-order valence-corrected chi connectivity index (χ2v) is 6.60. The lowest BCUT2D eigenvalue weighted by Gasteiger charge is -2.14. The predicted octanol–water partition coefficient (Wildman–Crippen LogP) is 4.71. The molecule has 2 nitrogen and oxygen atoms in total. The Labute approximate surface area is 140 Å². The summed E-state index contributed by atoms with van der Waals surface area (Å²) in [6, 6.07) is 12.3. The molecular formula is C16H14Br2FNO. The zero-order valence-corrected chi connectivity index (χ0v) is 14.5. The van der Waals surface area contributed by atoms with Gasteiger partial charge >= 0.3 is 0 Å². The highest BCUT2D eigenvalue weighted by Crippen LogP contribution is 2.17. The molecule has 0 aliphatic carbocycles. The maximum absolute atomic E-state index is 13.4. The van der Waals surface area contributed by atoms with E-state index in [2.05, 4.69) is 37.2 Å². The van der Waals surface area contributed by atoms with E-state index in [4.69, 9.17) is 0 Å². The Morgan fingerprint density at radius 2 is 1.86 bits per heavy atom. The molecular weight excluding hydrogens is 401 g/mol. The molecule has 0 fully saturated rings. The van der Waals surface area contributed by atoms with Crippen molar-refractivity contribution in [2.75, 3.05) is 0 Å². The second kappa shape index (κ2) is 7.18. The largest absolute Gasteiger partial charge is 0.349 e. The first-order valence-electron chi connectivity index (χ1n) is 6.46. The summed E-state index contributed by atoms with van der Waals surface area (Å²) in [6.45, 7) is 1.93. The Hall–Kier alpha value is -1.20. The third-order valence-electron chi connectivity index (χ3n) is 3.01. The number of benzene rings is 2. The summed E-state index contributed by atoms with van der Waals surface area (Å²) >= 11 is 6.45. The zero-order chi connectivity index (χ0) is 15.4. The van der Waals surface area contributed by atoms with E-state index >= 15 is 0 Å². The fourth-order valence-electron chi connectivity index (χ4n) is 1.97. The van der Waals surface area contributed by atoms with Crippen LogP contribution in [0.4, 0.5) is 4.39 Å². The summed E-state index contributed by atoms with van der Waals surface area (Å²) in [4.78, 5) is 12.1. The average Bonchev–Trinajstić information content (AvgIpc) is 2.44. The molecule has 0 aliphatic heterocycles. The molecule has 0 aliphatic rings. The number of nitrogens with one attached hydrogen (secondary N) is 1. The molecule has 0 radical (unpaired) electrons. The van der Waals surface area contributed by atoms with Gasteiger partial charge in [-0.3, -0.25) is 4.79 Å². The van der Waals surface area contributed by atoms with Crippen molar-refractivity contribution < 1.29 is 9.18 Å². The van der Waals surface area contributed by atoms with E-state index in [1.54, 1.807) is 6.07 Å². The van der Waals surface area contributed by atoms with Gasteiger partial charge in [-0.1, -0.05) is 28.1 Å². The quantitative estimate of drug-likeness (QED) is 0.770. The number of amides is 1. The fraction of sp³-hybridized carbons (Fsp3) is 0.188. The molecule has 21 heavy (non-hydrogen) atoms. The molecule has 1 amide bonds. The molecule has 5 heteroatoms. The zero-order valence-electron chi connectivity index (χ0n) is 11.4. The van der Waals surface area contributed by atoms with Crippen molar-refractivity contribution in [3.63, 3.8) is 0 Å². The molecule has 1 N–H and O–H groups in total. The van der Waals surface area contributed by atoms with Gasteiger partial charge in [-0.2, -0.15) is 0 Å². The van der Waals surface area contributed by atoms with Crippen LogP contribution in [-0.2, 0) is 6.42 Å². The van der Waals surface area contributed by atoms with Crippen molar-refractivity contribution in [1.29, 1.82) is 0 Å². The van der Waals surface area contributed by atoms with Crippen molar-refractivity contribution >= 4 is 37.8 Å². The Morgan fingerprint density at radius 3 is 2.48 bits per heavy atom. The predicted molar refractivity (Wildman–Crippen MR) is 88.9 cm³/mol. The molecule has 1 unspecified atom stereocenters. The fourth-order valence-corrected chi connectivity index (χ4v) is 2.48. The summed E-state index contributed by atoms with van der Waals surface area (Å²) in [5.74, 6) is -0.714. The SMILES string of the molecule is CC(Cc1ccc(Br)cc1)NC(=O)c1ccc(Br)c(F)c1. The molecule has 0 heterocycles. The first kappa shape index (κ1) is 16.2. The molecule has 2 aromatic rings. The van der Waals surface area contributed by atoms with Crippen LogP contribution in [-0.4, -0.2) is 11.9 Å². The van der Waals surface area contributed by atoms with Crippen LogP contribution in [0.2, 0.25) is 0 Å². The Bertz CT molecular complexity index is 643. The summed E-state index contributed by atoms with van der Waals surface area (Å²) in [5.41, 5.74) is 1.45. The highest BCUT2D eigenvalue weighted by Gasteiger charge is 2.12. The lowest BCUT2D eigenvalue weighted by atomic mass is 10.1. The maximum Gasteiger partial charge on any atom is 0.251 e. The average molecular weight is 415 g/mol. The lowest BCUT2D eigenvalue weighted by molar-refractivity contribution is 0.0939. The van der Waals surface area contributed by atoms with Crippen LogP contribution < -0.4 is 5.32 Å². The Kier molecular flexibility index (Phi) is 5.53. The van der Waals surface area contributed by atoms with Crippen LogP contribution >= 0.6 is 31.9 Å². The van der Waals surface area contributed by atoms with E-state index in [0.717, 1.165) is 16.5 Å². The summed E-state index contributed by atoms with van der Waals surface area (Å²) in [6.07, 6.45) is 0.720. The number of rotatable bonds is 4.